The molecule has 0 radical (unpaired) electrons. The van der Waals surface area contributed by atoms with E-state index >= 15 is 0 Å². The largest absolute Gasteiger partial charge is 0.511 e. The predicted octanol–water partition coefficient (Wildman–Crippen LogP) is 3.43. The molecular formula is C17H16F3NO4S. The maximum absolute atomic E-state index is 12.7. The lowest BCUT2D eigenvalue weighted by atomic mass is 9.95. The molecule has 0 aliphatic carbocycles. The Labute approximate surface area is 148 Å². The number of carbonyl (C=O) groups is 1. The third kappa shape index (κ3) is 4.23. The van der Waals surface area contributed by atoms with Gasteiger partial charge in [-0.2, -0.15) is 13.2 Å². The number of rotatable bonds is 6. The highest BCUT2D eigenvalue weighted by molar-refractivity contribution is 7.90. The molecule has 2 rings (SSSR count). The van der Waals surface area contributed by atoms with E-state index in [-0.39, 0.29) is 11.1 Å². The van der Waals surface area contributed by atoms with Gasteiger partial charge in [0.25, 0.3) is 0 Å². The number of sulfonamides is 1. The van der Waals surface area contributed by atoms with Crippen LogP contribution < -0.4 is 9.46 Å². The van der Waals surface area contributed by atoms with Crippen molar-refractivity contribution in [3.05, 3.63) is 65.2 Å². The first-order chi connectivity index (χ1) is 12.1. The topological polar surface area (TPSA) is 72.5 Å². The Bertz CT molecular complexity index is 893. The normalized spacial score (nSPS) is 13.3. The summed E-state index contributed by atoms with van der Waals surface area (Å²) < 4.78 is 66.9. The number of ether oxygens (including phenoxy) is 1. The van der Waals surface area contributed by atoms with Crippen molar-refractivity contribution in [1.82, 2.24) is 4.72 Å². The molecule has 0 bridgehead atoms. The maximum Gasteiger partial charge on any atom is 0.511 e. The monoisotopic (exact) mass is 387 g/mol. The van der Waals surface area contributed by atoms with Crippen molar-refractivity contribution in [2.45, 2.75) is 18.5 Å². The number of hydrogen-bond donors (Lipinski definition) is 1. The molecule has 0 saturated carbocycles. The third-order valence-corrected chi connectivity index (χ3v) is 4.93. The van der Waals surface area contributed by atoms with Crippen LogP contribution in [0.4, 0.5) is 13.2 Å². The highest BCUT2D eigenvalue weighted by Gasteiger charge is 2.46. The molecule has 0 amide bonds. The van der Waals surface area contributed by atoms with Gasteiger partial charge >= 0.3 is 15.5 Å². The van der Waals surface area contributed by atoms with Crippen LogP contribution in [0.15, 0.2) is 48.5 Å². The van der Waals surface area contributed by atoms with E-state index in [0.717, 1.165) is 0 Å². The smallest absolute Gasteiger partial charge is 0.497 e. The van der Waals surface area contributed by atoms with Crippen LogP contribution in [0.3, 0.4) is 0 Å². The van der Waals surface area contributed by atoms with Crippen LogP contribution in [-0.4, -0.2) is 26.8 Å². The summed E-state index contributed by atoms with van der Waals surface area (Å²) in [6.45, 7) is 1.24. The number of alkyl halides is 3. The Morgan fingerprint density at radius 2 is 1.65 bits per heavy atom. The van der Waals surface area contributed by atoms with E-state index in [4.69, 9.17) is 4.74 Å². The molecule has 140 valence electrons. The molecule has 0 fully saturated rings. The Morgan fingerprint density at radius 3 is 2.19 bits per heavy atom. The number of halogens is 3. The van der Waals surface area contributed by atoms with Gasteiger partial charge < -0.3 is 4.74 Å². The summed E-state index contributed by atoms with van der Waals surface area (Å²) >= 11 is 0. The molecule has 26 heavy (non-hydrogen) atoms. The van der Waals surface area contributed by atoms with Crippen LogP contribution in [-0.2, 0) is 10.0 Å². The van der Waals surface area contributed by atoms with Crippen molar-refractivity contribution < 1.29 is 31.1 Å². The van der Waals surface area contributed by atoms with E-state index in [9.17, 15) is 26.4 Å². The Balaban J connectivity index is 2.36. The molecule has 1 atom stereocenters. The summed E-state index contributed by atoms with van der Waals surface area (Å²) in [5.74, 6) is 0.0995. The van der Waals surface area contributed by atoms with Gasteiger partial charge in [0.2, 0.25) is 0 Å². The first-order valence-electron chi connectivity index (χ1n) is 7.43. The van der Waals surface area contributed by atoms with Crippen LogP contribution in [0.25, 0.3) is 0 Å². The predicted molar refractivity (Wildman–Crippen MR) is 89.4 cm³/mol. The molecule has 0 spiro atoms. The van der Waals surface area contributed by atoms with Crippen LogP contribution in [0, 0.1) is 0 Å². The van der Waals surface area contributed by atoms with E-state index in [2.05, 4.69) is 0 Å². The zero-order chi connectivity index (χ0) is 19.5. The van der Waals surface area contributed by atoms with Gasteiger partial charge in [-0.1, -0.05) is 24.3 Å². The highest BCUT2D eigenvalue weighted by atomic mass is 32.2. The van der Waals surface area contributed by atoms with E-state index in [1.165, 1.54) is 44.4 Å². The van der Waals surface area contributed by atoms with Crippen LogP contribution in [0.1, 0.15) is 34.5 Å². The molecule has 2 aromatic rings. The zero-order valence-electron chi connectivity index (χ0n) is 13.9. The van der Waals surface area contributed by atoms with Gasteiger partial charge in [-0.15, -0.1) is 0 Å². The number of carbonyl (C=O) groups excluding carboxylic acids is 1. The second-order valence-corrected chi connectivity index (χ2v) is 7.14. The van der Waals surface area contributed by atoms with Crippen molar-refractivity contribution >= 4 is 15.8 Å². The summed E-state index contributed by atoms with van der Waals surface area (Å²) in [5, 5.41) is 0. The minimum Gasteiger partial charge on any atom is -0.497 e. The molecule has 1 N–H and O–H groups in total. The van der Waals surface area contributed by atoms with Crippen molar-refractivity contribution in [3.63, 3.8) is 0 Å². The van der Waals surface area contributed by atoms with Gasteiger partial charge in [-0.3, -0.25) is 4.79 Å². The summed E-state index contributed by atoms with van der Waals surface area (Å²) in [5.41, 5.74) is -4.89. The molecule has 0 aliphatic rings. The van der Waals surface area contributed by atoms with E-state index in [0.29, 0.717) is 11.3 Å². The molecule has 0 unspecified atom stereocenters. The van der Waals surface area contributed by atoms with Crippen molar-refractivity contribution in [1.29, 1.82) is 0 Å². The third-order valence-electron chi connectivity index (χ3n) is 3.66. The summed E-state index contributed by atoms with van der Waals surface area (Å²) in [4.78, 5) is 12.7. The lowest BCUT2D eigenvalue weighted by Gasteiger charge is -2.18. The minimum atomic E-state index is -5.54. The minimum absolute atomic E-state index is 0.107. The Morgan fingerprint density at radius 1 is 1.08 bits per heavy atom. The second kappa shape index (κ2) is 7.46. The number of hydrogen-bond acceptors (Lipinski definition) is 4. The average molecular weight is 387 g/mol. The summed E-state index contributed by atoms with van der Waals surface area (Å²) in [6.07, 6.45) is 0. The molecule has 0 heterocycles. The molecule has 0 aliphatic heterocycles. The molecule has 5 nitrogen and oxygen atoms in total. The quantitative estimate of drug-likeness (QED) is 0.771. The van der Waals surface area contributed by atoms with Crippen LogP contribution in [0.2, 0.25) is 0 Å². The first kappa shape index (κ1) is 19.9. The average Bonchev–Trinajstić information content (AvgIpc) is 2.60. The van der Waals surface area contributed by atoms with Gasteiger partial charge in [0.15, 0.2) is 5.78 Å². The first-order valence-corrected chi connectivity index (χ1v) is 8.91. The fourth-order valence-electron chi connectivity index (χ4n) is 2.34. The molecular weight excluding hydrogens is 371 g/mol. The van der Waals surface area contributed by atoms with Gasteiger partial charge in [0.1, 0.15) is 5.75 Å². The van der Waals surface area contributed by atoms with Crippen LogP contribution >= 0.6 is 0 Å². The van der Waals surface area contributed by atoms with E-state index in [1.807, 2.05) is 0 Å². The summed E-state index contributed by atoms with van der Waals surface area (Å²) in [6, 6.07) is 10.8. The van der Waals surface area contributed by atoms with Crippen molar-refractivity contribution in [2.24, 2.45) is 0 Å². The maximum atomic E-state index is 12.7. The number of methoxy groups -OCH3 is 1. The fraction of sp³-hybridized carbons (Fsp3) is 0.235. The van der Waals surface area contributed by atoms with Gasteiger partial charge in [0.05, 0.1) is 7.11 Å². The van der Waals surface area contributed by atoms with Crippen molar-refractivity contribution in [3.8, 4) is 5.75 Å². The van der Waals surface area contributed by atoms with Gasteiger partial charge in [-0.25, -0.2) is 13.1 Å². The zero-order valence-corrected chi connectivity index (χ0v) is 14.7. The SMILES string of the molecule is COc1ccc(C(=O)c2ccccc2[C@H](C)NS(=O)(=O)C(F)(F)F)cc1. The number of nitrogens with one attached hydrogen (secondary N) is 1. The summed E-state index contributed by atoms with van der Waals surface area (Å²) in [7, 11) is -4.07. The van der Waals surface area contributed by atoms with Crippen molar-refractivity contribution in [2.75, 3.05) is 7.11 Å². The van der Waals surface area contributed by atoms with E-state index < -0.39 is 27.4 Å². The van der Waals surface area contributed by atoms with Gasteiger partial charge in [0, 0.05) is 17.2 Å². The molecule has 2 aromatic carbocycles. The van der Waals surface area contributed by atoms with Gasteiger partial charge in [-0.05, 0) is 36.8 Å². The fourth-order valence-corrected chi connectivity index (χ4v) is 3.07. The standard InChI is InChI=1S/C17H16F3NO4S/c1-11(21-26(23,24)17(18,19)20)14-5-3-4-6-15(14)16(22)12-7-9-13(25-2)10-8-12/h3-11,21H,1-2H3/t11-/m0/s1. The molecule has 9 heteroatoms. The van der Waals surface area contributed by atoms with E-state index in [1.54, 1.807) is 22.9 Å². The number of ketones is 1. The number of benzene rings is 2. The highest BCUT2D eigenvalue weighted by Crippen LogP contribution is 2.27. The molecule has 0 saturated heterocycles. The Kier molecular flexibility index (Phi) is 5.72. The second-order valence-electron chi connectivity index (χ2n) is 5.43. The molecule has 0 aromatic heterocycles. The lowest BCUT2D eigenvalue weighted by Crippen LogP contribution is -2.38. The van der Waals surface area contributed by atoms with Crippen LogP contribution in [0.5, 0.6) is 5.75 Å². The lowest BCUT2D eigenvalue weighted by molar-refractivity contribution is -0.0450. The Hall–Kier alpha value is -2.39.